The molecule has 96 valence electrons. The van der Waals surface area contributed by atoms with Gasteiger partial charge in [0.2, 0.25) is 0 Å². The Kier molecular flexibility index (Phi) is 5.07. The molecule has 0 bridgehead atoms. The van der Waals surface area contributed by atoms with Gasteiger partial charge in [-0.05, 0) is 18.4 Å². The number of ether oxygens (including phenoxy) is 1. The van der Waals surface area contributed by atoms with Crippen molar-refractivity contribution in [2.75, 3.05) is 6.61 Å². The maximum absolute atomic E-state index is 10.3. The molecule has 2 aromatic rings. The van der Waals surface area contributed by atoms with Crippen LogP contribution >= 0.6 is 12.4 Å². The number of halogens is 1. The second kappa shape index (κ2) is 6.33. The van der Waals surface area contributed by atoms with Gasteiger partial charge in [0.15, 0.2) is 0 Å². The van der Waals surface area contributed by atoms with Crippen molar-refractivity contribution in [3.8, 4) is 0 Å². The molecule has 5 heteroatoms. The molecule has 0 radical (unpaired) electrons. The average molecular weight is 268 g/mol. The summed E-state index contributed by atoms with van der Waals surface area (Å²) in [6, 6.07) is 8.03. The van der Waals surface area contributed by atoms with Crippen LogP contribution in [0.4, 0.5) is 0 Å². The highest BCUT2D eigenvalue weighted by atomic mass is 35.5. The van der Waals surface area contributed by atoms with Crippen molar-refractivity contribution in [2.24, 2.45) is 0 Å². The Labute approximate surface area is 111 Å². The second-order valence-corrected chi connectivity index (χ2v) is 3.91. The van der Waals surface area contributed by atoms with Crippen LogP contribution in [0.2, 0.25) is 0 Å². The van der Waals surface area contributed by atoms with Crippen LogP contribution in [0.15, 0.2) is 30.5 Å². The Hall–Kier alpha value is -1.65. The van der Waals surface area contributed by atoms with Crippen LogP contribution in [-0.2, 0) is 16.1 Å². The molecule has 1 aromatic heterocycles. The number of aryl methyl sites for hydroxylation is 1. The highest BCUT2D eigenvalue weighted by Crippen LogP contribution is 2.16. The topological polar surface area (TPSA) is 59.4 Å². The molecule has 0 fully saturated rings. The molecule has 2 rings (SSSR count). The fourth-order valence-corrected chi connectivity index (χ4v) is 1.63. The van der Waals surface area contributed by atoms with Gasteiger partial charge in [-0.2, -0.15) is 0 Å². The minimum absolute atomic E-state index is 0. The highest BCUT2D eigenvalue weighted by molar-refractivity contribution is 5.85. The third kappa shape index (κ3) is 3.68. The summed E-state index contributed by atoms with van der Waals surface area (Å²) in [6.45, 7) is 1.95. The maximum atomic E-state index is 10.3. The van der Waals surface area contributed by atoms with E-state index in [0.29, 0.717) is 0 Å². The van der Waals surface area contributed by atoms with Crippen molar-refractivity contribution in [3.63, 3.8) is 0 Å². The lowest BCUT2D eigenvalue weighted by atomic mass is 10.1. The SMILES string of the molecule is Cc1ccc2cnc(COCC(=O)O)cc2c1.Cl. The fourth-order valence-electron chi connectivity index (χ4n) is 1.63. The zero-order chi connectivity index (χ0) is 12.3. The van der Waals surface area contributed by atoms with Gasteiger partial charge in [-0.3, -0.25) is 4.98 Å². The molecule has 0 aliphatic carbocycles. The molecule has 0 amide bonds. The minimum Gasteiger partial charge on any atom is -0.480 e. The Balaban J connectivity index is 0.00000162. The molecule has 1 aromatic carbocycles. The molecule has 0 atom stereocenters. The number of pyridine rings is 1. The number of hydrogen-bond acceptors (Lipinski definition) is 3. The highest BCUT2D eigenvalue weighted by Gasteiger charge is 2.01. The maximum Gasteiger partial charge on any atom is 0.329 e. The Morgan fingerprint density at radius 2 is 2.11 bits per heavy atom. The molecular formula is C13H14ClNO3. The summed E-state index contributed by atoms with van der Waals surface area (Å²) in [5.74, 6) is -0.971. The molecular weight excluding hydrogens is 254 g/mol. The number of nitrogens with zero attached hydrogens (tertiary/aromatic N) is 1. The minimum atomic E-state index is -0.971. The smallest absolute Gasteiger partial charge is 0.329 e. The summed E-state index contributed by atoms with van der Waals surface area (Å²) in [5, 5.41) is 10.6. The van der Waals surface area contributed by atoms with Gasteiger partial charge in [0.05, 0.1) is 12.3 Å². The third-order valence-corrected chi connectivity index (χ3v) is 2.41. The summed E-state index contributed by atoms with van der Waals surface area (Å²) < 4.78 is 5.00. The van der Waals surface area contributed by atoms with Gasteiger partial charge in [0.1, 0.15) is 6.61 Å². The zero-order valence-electron chi connectivity index (χ0n) is 9.92. The van der Waals surface area contributed by atoms with Crippen LogP contribution in [-0.4, -0.2) is 22.7 Å². The van der Waals surface area contributed by atoms with E-state index in [1.54, 1.807) is 6.20 Å². The van der Waals surface area contributed by atoms with E-state index < -0.39 is 5.97 Å². The predicted molar refractivity (Wildman–Crippen MR) is 71.0 cm³/mol. The first kappa shape index (κ1) is 14.4. The summed E-state index contributed by atoms with van der Waals surface area (Å²) in [4.78, 5) is 14.5. The zero-order valence-corrected chi connectivity index (χ0v) is 10.7. The molecule has 0 saturated carbocycles. The Bertz CT molecular complexity index is 557. The molecule has 1 heterocycles. The standard InChI is InChI=1S/C13H13NO3.ClH/c1-9-2-3-10-6-14-12(5-11(10)4-9)7-17-8-13(15)16;/h2-6H,7-8H2,1H3,(H,15,16);1H. The van der Waals surface area contributed by atoms with Crippen LogP contribution < -0.4 is 0 Å². The van der Waals surface area contributed by atoms with Gasteiger partial charge in [-0.25, -0.2) is 4.79 Å². The number of carboxylic acids is 1. The first-order chi connectivity index (χ1) is 8.15. The second-order valence-electron chi connectivity index (χ2n) is 3.91. The van der Waals surface area contributed by atoms with E-state index >= 15 is 0 Å². The van der Waals surface area contributed by atoms with Crippen molar-refractivity contribution in [1.29, 1.82) is 0 Å². The number of benzene rings is 1. The van der Waals surface area contributed by atoms with Gasteiger partial charge in [-0.15, -0.1) is 12.4 Å². The summed E-state index contributed by atoms with van der Waals surface area (Å²) >= 11 is 0. The van der Waals surface area contributed by atoms with Gasteiger partial charge < -0.3 is 9.84 Å². The molecule has 4 nitrogen and oxygen atoms in total. The van der Waals surface area contributed by atoms with E-state index in [-0.39, 0.29) is 25.6 Å². The van der Waals surface area contributed by atoms with Crippen LogP contribution in [0.3, 0.4) is 0 Å². The van der Waals surface area contributed by atoms with E-state index in [2.05, 4.69) is 11.1 Å². The van der Waals surface area contributed by atoms with Gasteiger partial charge in [0, 0.05) is 11.6 Å². The van der Waals surface area contributed by atoms with Crippen molar-refractivity contribution < 1.29 is 14.6 Å². The number of rotatable bonds is 4. The Morgan fingerprint density at radius 1 is 1.33 bits per heavy atom. The molecule has 1 N–H and O–H groups in total. The molecule has 0 unspecified atom stereocenters. The van der Waals surface area contributed by atoms with E-state index in [1.807, 2.05) is 25.1 Å². The lowest BCUT2D eigenvalue weighted by molar-refractivity contribution is -0.142. The van der Waals surface area contributed by atoms with E-state index in [0.717, 1.165) is 16.5 Å². The molecule has 0 spiro atoms. The van der Waals surface area contributed by atoms with Crippen LogP contribution in [0.1, 0.15) is 11.3 Å². The monoisotopic (exact) mass is 267 g/mol. The number of aliphatic carboxylic acids is 1. The third-order valence-electron chi connectivity index (χ3n) is 2.41. The van der Waals surface area contributed by atoms with E-state index in [4.69, 9.17) is 9.84 Å². The van der Waals surface area contributed by atoms with Gasteiger partial charge in [0.25, 0.3) is 0 Å². The predicted octanol–water partition coefficient (Wildman–Crippen LogP) is 2.57. The van der Waals surface area contributed by atoms with Crippen LogP contribution in [0, 0.1) is 6.92 Å². The number of hydrogen-bond donors (Lipinski definition) is 1. The van der Waals surface area contributed by atoms with E-state index in [9.17, 15) is 4.79 Å². The molecule has 0 saturated heterocycles. The van der Waals surface area contributed by atoms with Crippen molar-refractivity contribution in [2.45, 2.75) is 13.5 Å². The summed E-state index contributed by atoms with van der Waals surface area (Å²) in [5.41, 5.74) is 1.92. The number of aromatic nitrogens is 1. The quantitative estimate of drug-likeness (QED) is 0.925. The molecule has 18 heavy (non-hydrogen) atoms. The first-order valence-electron chi connectivity index (χ1n) is 5.30. The largest absolute Gasteiger partial charge is 0.480 e. The lowest BCUT2D eigenvalue weighted by Gasteiger charge is -2.04. The number of fused-ring (bicyclic) bond motifs is 1. The van der Waals surface area contributed by atoms with Gasteiger partial charge >= 0.3 is 5.97 Å². The number of carboxylic acid groups (broad SMARTS) is 1. The first-order valence-corrected chi connectivity index (χ1v) is 5.30. The van der Waals surface area contributed by atoms with Crippen LogP contribution in [0.5, 0.6) is 0 Å². The fraction of sp³-hybridized carbons (Fsp3) is 0.231. The lowest BCUT2D eigenvalue weighted by Crippen LogP contribution is -2.07. The Morgan fingerprint density at radius 3 is 2.83 bits per heavy atom. The summed E-state index contributed by atoms with van der Waals surface area (Å²) in [7, 11) is 0. The normalized spacial score (nSPS) is 10.1. The molecule has 0 aliphatic heterocycles. The van der Waals surface area contributed by atoms with Crippen LogP contribution in [0.25, 0.3) is 10.8 Å². The van der Waals surface area contributed by atoms with Crippen molar-refractivity contribution in [3.05, 3.63) is 41.7 Å². The van der Waals surface area contributed by atoms with Crippen molar-refractivity contribution >= 4 is 29.1 Å². The van der Waals surface area contributed by atoms with Crippen molar-refractivity contribution in [1.82, 2.24) is 4.98 Å². The van der Waals surface area contributed by atoms with Gasteiger partial charge in [-0.1, -0.05) is 23.8 Å². The summed E-state index contributed by atoms with van der Waals surface area (Å²) in [6.07, 6.45) is 1.77. The average Bonchev–Trinajstić information content (AvgIpc) is 2.28. The molecule has 0 aliphatic rings. The number of carbonyl (C=O) groups is 1. The van der Waals surface area contributed by atoms with E-state index in [1.165, 1.54) is 5.56 Å².